The summed E-state index contributed by atoms with van der Waals surface area (Å²) in [7, 11) is 0. The molecule has 0 aromatic heterocycles. The number of hydrogen-bond acceptors (Lipinski definition) is 2. The highest BCUT2D eigenvalue weighted by atomic mass is 15.0. The standard InChI is InChI=1S/C15H22N2/c16-12-6-8-13(9-7-12)17-15-10-14(15)11-4-2-1-3-5-11/h1-5,12-15,17H,6-10,16H2/t12?,13?,14?,15-/m1/s1. The summed E-state index contributed by atoms with van der Waals surface area (Å²) >= 11 is 0. The molecule has 3 N–H and O–H groups in total. The Morgan fingerprint density at radius 1 is 1.00 bits per heavy atom. The predicted octanol–water partition coefficient (Wildman–Crippen LogP) is 2.40. The molecule has 0 amide bonds. The van der Waals surface area contributed by atoms with Crippen molar-refractivity contribution in [2.45, 2.75) is 56.1 Å². The van der Waals surface area contributed by atoms with E-state index in [0.29, 0.717) is 12.1 Å². The lowest BCUT2D eigenvalue weighted by atomic mass is 9.92. The number of hydrogen-bond donors (Lipinski definition) is 2. The number of nitrogens with one attached hydrogen (secondary N) is 1. The highest BCUT2D eigenvalue weighted by Crippen LogP contribution is 2.41. The summed E-state index contributed by atoms with van der Waals surface area (Å²) in [6, 6.07) is 12.8. The van der Waals surface area contributed by atoms with Crippen LogP contribution in [0.1, 0.15) is 43.6 Å². The van der Waals surface area contributed by atoms with E-state index >= 15 is 0 Å². The molecule has 2 atom stereocenters. The van der Waals surface area contributed by atoms with Crippen molar-refractivity contribution >= 4 is 0 Å². The third-order valence-corrected chi connectivity index (χ3v) is 4.24. The Kier molecular flexibility index (Phi) is 3.17. The van der Waals surface area contributed by atoms with Crippen LogP contribution in [-0.4, -0.2) is 18.1 Å². The van der Waals surface area contributed by atoms with Gasteiger partial charge in [0.15, 0.2) is 0 Å². The van der Waals surface area contributed by atoms with Gasteiger partial charge in [0, 0.05) is 24.0 Å². The van der Waals surface area contributed by atoms with E-state index < -0.39 is 0 Å². The van der Waals surface area contributed by atoms with E-state index in [9.17, 15) is 0 Å². The number of benzene rings is 1. The number of nitrogens with two attached hydrogens (primary N) is 1. The van der Waals surface area contributed by atoms with E-state index in [4.69, 9.17) is 5.73 Å². The fraction of sp³-hybridized carbons (Fsp3) is 0.600. The second-order valence-electron chi connectivity index (χ2n) is 5.64. The van der Waals surface area contributed by atoms with Gasteiger partial charge in [0.2, 0.25) is 0 Å². The average molecular weight is 230 g/mol. The Morgan fingerprint density at radius 2 is 1.71 bits per heavy atom. The highest BCUT2D eigenvalue weighted by molar-refractivity contribution is 5.27. The first kappa shape index (κ1) is 11.2. The first-order valence-corrected chi connectivity index (χ1v) is 6.89. The summed E-state index contributed by atoms with van der Waals surface area (Å²) in [4.78, 5) is 0. The third-order valence-electron chi connectivity index (χ3n) is 4.24. The molecule has 0 aliphatic heterocycles. The Balaban J connectivity index is 1.49. The molecule has 0 heterocycles. The second-order valence-corrected chi connectivity index (χ2v) is 5.64. The van der Waals surface area contributed by atoms with Crippen LogP contribution in [0.2, 0.25) is 0 Å². The SMILES string of the molecule is NC1CCC(N[C@@H]2CC2c2ccccc2)CC1. The van der Waals surface area contributed by atoms with Crippen LogP contribution >= 0.6 is 0 Å². The fourth-order valence-electron chi connectivity index (χ4n) is 3.04. The van der Waals surface area contributed by atoms with E-state index in [-0.39, 0.29) is 0 Å². The van der Waals surface area contributed by atoms with Gasteiger partial charge in [0.25, 0.3) is 0 Å². The van der Waals surface area contributed by atoms with Crippen LogP contribution in [-0.2, 0) is 0 Å². The topological polar surface area (TPSA) is 38.0 Å². The zero-order valence-electron chi connectivity index (χ0n) is 10.3. The van der Waals surface area contributed by atoms with E-state index in [1.807, 2.05) is 0 Å². The molecule has 2 heteroatoms. The highest BCUT2D eigenvalue weighted by Gasteiger charge is 2.39. The smallest absolute Gasteiger partial charge is 0.0145 e. The molecule has 1 aromatic carbocycles. The van der Waals surface area contributed by atoms with Crippen LogP contribution in [0.25, 0.3) is 0 Å². The van der Waals surface area contributed by atoms with Gasteiger partial charge in [0.05, 0.1) is 0 Å². The largest absolute Gasteiger partial charge is 0.328 e. The molecule has 2 aliphatic rings. The molecule has 2 nitrogen and oxygen atoms in total. The monoisotopic (exact) mass is 230 g/mol. The van der Waals surface area contributed by atoms with Gasteiger partial charge < -0.3 is 11.1 Å². The third kappa shape index (κ3) is 2.70. The second kappa shape index (κ2) is 4.79. The van der Waals surface area contributed by atoms with Gasteiger partial charge in [-0.25, -0.2) is 0 Å². The minimum Gasteiger partial charge on any atom is -0.328 e. The van der Waals surface area contributed by atoms with Crippen molar-refractivity contribution in [1.29, 1.82) is 0 Å². The number of rotatable bonds is 3. The molecule has 3 rings (SSSR count). The van der Waals surface area contributed by atoms with Gasteiger partial charge in [-0.15, -0.1) is 0 Å². The lowest BCUT2D eigenvalue weighted by Crippen LogP contribution is -2.38. The quantitative estimate of drug-likeness (QED) is 0.837. The lowest BCUT2D eigenvalue weighted by Gasteiger charge is -2.27. The van der Waals surface area contributed by atoms with Crippen LogP contribution in [0.3, 0.4) is 0 Å². The van der Waals surface area contributed by atoms with Gasteiger partial charge >= 0.3 is 0 Å². The van der Waals surface area contributed by atoms with Crippen molar-refractivity contribution in [3.8, 4) is 0 Å². The van der Waals surface area contributed by atoms with Crippen molar-refractivity contribution in [1.82, 2.24) is 5.32 Å². The fourth-order valence-corrected chi connectivity index (χ4v) is 3.04. The van der Waals surface area contributed by atoms with Crippen molar-refractivity contribution in [2.24, 2.45) is 5.73 Å². The van der Waals surface area contributed by atoms with Crippen molar-refractivity contribution in [2.75, 3.05) is 0 Å². The first-order valence-electron chi connectivity index (χ1n) is 6.89. The molecule has 0 bridgehead atoms. The first-order chi connectivity index (χ1) is 8.33. The van der Waals surface area contributed by atoms with Crippen molar-refractivity contribution in [3.63, 3.8) is 0 Å². The van der Waals surface area contributed by atoms with Crippen LogP contribution in [0.4, 0.5) is 0 Å². The Labute approximate surface area is 104 Å². The zero-order chi connectivity index (χ0) is 11.7. The van der Waals surface area contributed by atoms with Crippen LogP contribution < -0.4 is 11.1 Å². The van der Waals surface area contributed by atoms with Gasteiger partial charge in [-0.1, -0.05) is 30.3 Å². The summed E-state index contributed by atoms with van der Waals surface area (Å²) in [5, 5.41) is 3.81. The molecule has 0 saturated heterocycles. The Morgan fingerprint density at radius 3 is 2.41 bits per heavy atom. The van der Waals surface area contributed by atoms with Gasteiger partial charge in [-0.2, -0.15) is 0 Å². The van der Waals surface area contributed by atoms with Gasteiger partial charge in [-0.3, -0.25) is 0 Å². The van der Waals surface area contributed by atoms with Crippen LogP contribution in [0, 0.1) is 0 Å². The molecule has 2 fully saturated rings. The summed E-state index contributed by atoms with van der Waals surface area (Å²) in [6.45, 7) is 0. The average Bonchev–Trinajstić information content (AvgIpc) is 3.13. The van der Waals surface area contributed by atoms with E-state index in [1.165, 1.54) is 37.7 Å². The van der Waals surface area contributed by atoms with Crippen molar-refractivity contribution < 1.29 is 0 Å². The molecule has 0 radical (unpaired) electrons. The van der Waals surface area contributed by atoms with Gasteiger partial charge in [0.1, 0.15) is 0 Å². The normalized spacial score (nSPS) is 36.8. The molecule has 1 unspecified atom stereocenters. The van der Waals surface area contributed by atoms with Crippen LogP contribution in [0.15, 0.2) is 30.3 Å². The molecule has 17 heavy (non-hydrogen) atoms. The zero-order valence-corrected chi connectivity index (χ0v) is 10.3. The summed E-state index contributed by atoms with van der Waals surface area (Å²) in [5.41, 5.74) is 7.43. The lowest BCUT2D eigenvalue weighted by molar-refractivity contribution is 0.339. The Bertz CT molecular complexity index is 354. The molecule has 0 spiro atoms. The summed E-state index contributed by atoms with van der Waals surface area (Å²) in [5.74, 6) is 0.756. The molecule has 2 saturated carbocycles. The summed E-state index contributed by atoms with van der Waals surface area (Å²) in [6.07, 6.45) is 6.23. The molecule has 1 aromatic rings. The van der Waals surface area contributed by atoms with E-state index in [1.54, 1.807) is 0 Å². The van der Waals surface area contributed by atoms with E-state index in [2.05, 4.69) is 35.6 Å². The predicted molar refractivity (Wildman–Crippen MR) is 71.0 cm³/mol. The van der Waals surface area contributed by atoms with Gasteiger partial charge in [-0.05, 0) is 37.7 Å². The van der Waals surface area contributed by atoms with Crippen molar-refractivity contribution in [3.05, 3.63) is 35.9 Å². The molecule has 92 valence electrons. The minimum atomic E-state index is 0.456. The molecular formula is C15H22N2. The summed E-state index contributed by atoms with van der Waals surface area (Å²) < 4.78 is 0. The molecular weight excluding hydrogens is 208 g/mol. The van der Waals surface area contributed by atoms with Crippen LogP contribution in [0.5, 0.6) is 0 Å². The maximum Gasteiger partial charge on any atom is 0.0145 e. The maximum absolute atomic E-state index is 5.93. The van der Waals surface area contributed by atoms with E-state index in [0.717, 1.165) is 12.0 Å². The maximum atomic E-state index is 5.93. The minimum absolute atomic E-state index is 0.456. The molecule has 2 aliphatic carbocycles. The Hall–Kier alpha value is -0.860.